The normalized spacial score (nSPS) is 11.4. The van der Waals surface area contributed by atoms with Gasteiger partial charge in [-0.25, -0.2) is 14.6 Å². The minimum atomic E-state index is -0.239. The number of anilines is 1. The second kappa shape index (κ2) is 8.05. The summed E-state index contributed by atoms with van der Waals surface area (Å²) in [5.74, 6) is 1.97. The van der Waals surface area contributed by atoms with E-state index in [2.05, 4.69) is 15.4 Å². The fourth-order valence-corrected chi connectivity index (χ4v) is 3.88. The SMILES string of the molecule is Cc1cc(-c2cc(C(=O)Nc3ccc(-c4cnco4)cc3)c3cnn(C(C)C)c3n2)c(C)o1. The quantitative estimate of drug-likeness (QED) is 0.370. The van der Waals surface area contributed by atoms with Gasteiger partial charge in [-0.2, -0.15) is 5.10 Å². The van der Waals surface area contributed by atoms with Crippen LogP contribution in [0.5, 0.6) is 0 Å². The molecule has 0 aliphatic heterocycles. The van der Waals surface area contributed by atoms with Gasteiger partial charge in [-0.3, -0.25) is 4.79 Å². The van der Waals surface area contributed by atoms with Crippen molar-refractivity contribution in [3.63, 3.8) is 0 Å². The zero-order valence-electron chi connectivity index (χ0n) is 18.8. The number of aromatic nitrogens is 4. The molecule has 0 bridgehead atoms. The van der Waals surface area contributed by atoms with Crippen molar-refractivity contribution < 1.29 is 13.6 Å². The number of benzene rings is 1. The average Bonchev–Trinajstić information content (AvgIpc) is 3.53. The second-order valence-corrected chi connectivity index (χ2v) is 8.20. The number of nitrogens with zero attached hydrogens (tertiary/aromatic N) is 4. The van der Waals surface area contributed by atoms with Crippen molar-refractivity contribution >= 4 is 22.6 Å². The van der Waals surface area contributed by atoms with Crippen LogP contribution in [-0.4, -0.2) is 25.7 Å². The van der Waals surface area contributed by atoms with Crippen LogP contribution in [0.3, 0.4) is 0 Å². The molecular formula is C25H23N5O3. The third kappa shape index (κ3) is 3.80. The van der Waals surface area contributed by atoms with Gasteiger partial charge >= 0.3 is 0 Å². The zero-order chi connectivity index (χ0) is 23.1. The Morgan fingerprint density at radius 1 is 1.09 bits per heavy atom. The molecule has 1 N–H and O–H groups in total. The van der Waals surface area contributed by atoms with Gasteiger partial charge in [0.2, 0.25) is 0 Å². The summed E-state index contributed by atoms with van der Waals surface area (Å²) in [4.78, 5) is 22.1. The van der Waals surface area contributed by atoms with E-state index in [1.54, 1.807) is 18.5 Å². The second-order valence-electron chi connectivity index (χ2n) is 8.20. The van der Waals surface area contributed by atoms with Crippen LogP contribution in [0.2, 0.25) is 0 Å². The number of pyridine rings is 1. The van der Waals surface area contributed by atoms with Crippen LogP contribution in [-0.2, 0) is 0 Å². The Kier molecular flexibility index (Phi) is 5.05. The van der Waals surface area contributed by atoms with Gasteiger partial charge < -0.3 is 14.2 Å². The molecule has 166 valence electrons. The summed E-state index contributed by atoms with van der Waals surface area (Å²) < 4.78 is 12.9. The molecule has 1 aromatic carbocycles. The van der Waals surface area contributed by atoms with Crippen molar-refractivity contribution in [2.24, 2.45) is 0 Å². The minimum absolute atomic E-state index is 0.0944. The van der Waals surface area contributed by atoms with E-state index in [0.29, 0.717) is 33.7 Å². The lowest BCUT2D eigenvalue weighted by atomic mass is 10.1. The Hall–Kier alpha value is -4.20. The van der Waals surface area contributed by atoms with E-state index >= 15 is 0 Å². The summed E-state index contributed by atoms with van der Waals surface area (Å²) in [6, 6.07) is 11.2. The summed E-state index contributed by atoms with van der Waals surface area (Å²) in [6.07, 6.45) is 4.73. The molecule has 1 amide bonds. The summed E-state index contributed by atoms with van der Waals surface area (Å²) in [7, 11) is 0. The van der Waals surface area contributed by atoms with Crippen molar-refractivity contribution in [3.05, 3.63) is 72.3 Å². The van der Waals surface area contributed by atoms with E-state index in [0.717, 1.165) is 22.6 Å². The van der Waals surface area contributed by atoms with Crippen LogP contribution >= 0.6 is 0 Å². The minimum Gasteiger partial charge on any atom is -0.466 e. The molecule has 5 rings (SSSR count). The summed E-state index contributed by atoms with van der Waals surface area (Å²) in [6.45, 7) is 7.85. The summed E-state index contributed by atoms with van der Waals surface area (Å²) in [5, 5.41) is 8.16. The van der Waals surface area contributed by atoms with E-state index in [1.807, 2.05) is 62.7 Å². The van der Waals surface area contributed by atoms with E-state index in [9.17, 15) is 4.79 Å². The number of nitrogens with one attached hydrogen (secondary N) is 1. The Labute approximate surface area is 190 Å². The average molecular weight is 441 g/mol. The molecule has 33 heavy (non-hydrogen) atoms. The van der Waals surface area contributed by atoms with Crippen molar-refractivity contribution in [1.82, 2.24) is 19.7 Å². The fraction of sp³-hybridized carbons (Fsp3) is 0.200. The van der Waals surface area contributed by atoms with Crippen molar-refractivity contribution in [2.75, 3.05) is 5.32 Å². The van der Waals surface area contributed by atoms with Crippen molar-refractivity contribution in [2.45, 2.75) is 33.7 Å². The predicted octanol–water partition coefficient (Wildman–Crippen LogP) is 5.80. The van der Waals surface area contributed by atoms with Crippen LogP contribution < -0.4 is 5.32 Å². The Bertz CT molecular complexity index is 1440. The molecule has 8 nitrogen and oxygen atoms in total. The Balaban J connectivity index is 1.55. The zero-order valence-corrected chi connectivity index (χ0v) is 18.8. The van der Waals surface area contributed by atoms with Gasteiger partial charge in [-0.15, -0.1) is 0 Å². The maximum absolute atomic E-state index is 13.4. The maximum Gasteiger partial charge on any atom is 0.256 e. The molecule has 0 saturated carbocycles. The lowest BCUT2D eigenvalue weighted by Crippen LogP contribution is -2.13. The number of hydrogen-bond donors (Lipinski definition) is 1. The van der Waals surface area contributed by atoms with Crippen LogP contribution in [0, 0.1) is 13.8 Å². The first-order chi connectivity index (χ1) is 15.9. The van der Waals surface area contributed by atoms with Gasteiger partial charge in [-0.1, -0.05) is 0 Å². The van der Waals surface area contributed by atoms with Crippen LogP contribution in [0.15, 0.2) is 64.0 Å². The van der Waals surface area contributed by atoms with Gasteiger partial charge in [0.05, 0.1) is 29.0 Å². The lowest BCUT2D eigenvalue weighted by molar-refractivity contribution is 0.102. The molecule has 8 heteroatoms. The number of amides is 1. The third-order valence-electron chi connectivity index (χ3n) is 5.48. The number of fused-ring (bicyclic) bond motifs is 1. The molecule has 0 spiro atoms. The molecule has 5 aromatic rings. The largest absolute Gasteiger partial charge is 0.466 e. The lowest BCUT2D eigenvalue weighted by Gasteiger charge is -2.11. The molecule has 0 aliphatic rings. The van der Waals surface area contributed by atoms with Gasteiger partial charge in [0.1, 0.15) is 11.5 Å². The molecule has 4 heterocycles. The molecule has 0 radical (unpaired) electrons. The first-order valence-corrected chi connectivity index (χ1v) is 10.7. The fourth-order valence-electron chi connectivity index (χ4n) is 3.88. The van der Waals surface area contributed by atoms with E-state index in [1.165, 1.54) is 6.39 Å². The summed E-state index contributed by atoms with van der Waals surface area (Å²) >= 11 is 0. The standard InChI is InChI=1S/C25H23N5O3/c1-14(2)30-24-21(11-27-30)20(10-22(29-24)19-9-15(3)33-16(19)4)25(31)28-18-7-5-17(6-8-18)23-12-26-13-32-23/h5-14H,1-4H3,(H,28,31). The third-order valence-corrected chi connectivity index (χ3v) is 5.48. The van der Waals surface area contributed by atoms with Gasteiger partial charge in [0.15, 0.2) is 17.8 Å². The topological polar surface area (TPSA) is 99.0 Å². The molecule has 0 unspecified atom stereocenters. The number of aryl methyl sites for hydroxylation is 2. The van der Waals surface area contributed by atoms with Crippen LogP contribution in [0.1, 0.15) is 41.8 Å². The molecule has 0 saturated heterocycles. The highest BCUT2D eigenvalue weighted by atomic mass is 16.3. The molecule has 0 fully saturated rings. The van der Waals surface area contributed by atoms with E-state index in [-0.39, 0.29) is 11.9 Å². The summed E-state index contributed by atoms with van der Waals surface area (Å²) in [5.41, 5.74) is 4.23. The number of hydrogen-bond acceptors (Lipinski definition) is 6. The maximum atomic E-state index is 13.4. The smallest absolute Gasteiger partial charge is 0.256 e. The van der Waals surface area contributed by atoms with Crippen molar-refractivity contribution in [1.29, 1.82) is 0 Å². The first kappa shape index (κ1) is 20.7. The van der Waals surface area contributed by atoms with Gasteiger partial charge in [0.25, 0.3) is 5.91 Å². The number of rotatable bonds is 5. The van der Waals surface area contributed by atoms with Gasteiger partial charge in [-0.05, 0) is 64.1 Å². The molecule has 4 aromatic heterocycles. The Morgan fingerprint density at radius 3 is 2.52 bits per heavy atom. The number of carbonyl (C=O) groups excluding carboxylic acids is 1. The molecule has 0 atom stereocenters. The van der Waals surface area contributed by atoms with Crippen LogP contribution in [0.4, 0.5) is 5.69 Å². The number of furan rings is 1. The number of carbonyl (C=O) groups is 1. The Morgan fingerprint density at radius 2 is 1.88 bits per heavy atom. The van der Waals surface area contributed by atoms with Gasteiger partial charge in [0, 0.05) is 22.9 Å². The number of oxazole rings is 1. The highest BCUT2D eigenvalue weighted by molar-refractivity contribution is 6.12. The van der Waals surface area contributed by atoms with E-state index < -0.39 is 0 Å². The first-order valence-electron chi connectivity index (χ1n) is 10.7. The molecular weight excluding hydrogens is 418 g/mol. The van der Waals surface area contributed by atoms with Crippen LogP contribution in [0.25, 0.3) is 33.6 Å². The highest BCUT2D eigenvalue weighted by Gasteiger charge is 2.20. The van der Waals surface area contributed by atoms with Crippen molar-refractivity contribution in [3.8, 4) is 22.6 Å². The monoisotopic (exact) mass is 441 g/mol. The predicted molar refractivity (Wildman–Crippen MR) is 125 cm³/mol. The highest BCUT2D eigenvalue weighted by Crippen LogP contribution is 2.30. The molecule has 0 aliphatic carbocycles. The van der Waals surface area contributed by atoms with E-state index in [4.69, 9.17) is 13.8 Å².